The van der Waals surface area contributed by atoms with E-state index in [2.05, 4.69) is 20.3 Å². The number of aromatic nitrogens is 5. The van der Waals surface area contributed by atoms with E-state index < -0.39 is 11.6 Å². The second-order valence-corrected chi connectivity index (χ2v) is 6.47. The Labute approximate surface area is 158 Å². The maximum Gasteiger partial charge on any atom is 0.179 e. The molecule has 0 saturated heterocycles. The molecule has 3 aromatic heterocycles. The van der Waals surface area contributed by atoms with E-state index in [1.165, 1.54) is 12.1 Å². The van der Waals surface area contributed by atoms with Gasteiger partial charge in [-0.15, -0.1) is 5.10 Å². The van der Waals surface area contributed by atoms with Crippen LogP contribution in [0.15, 0.2) is 66.9 Å². The highest BCUT2D eigenvalue weighted by atomic mass is 19.1. The molecule has 5 nitrogen and oxygen atoms in total. The standard InChI is InChI=1S/C21H13F2N5/c22-16-9-15(10-17(23)11-16)19-5-6-20-21(25-19)28(27-26-20)12-13-3-4-18-14(8-13)2-1-7-24-18/h1-11H,12H2. The Hall–Kier alpha value is -3.74. The van der Waals surface area contributed by atoms with Crippen molar-refractivity contribution >= 4 is 22.1 Å². The van der Waals surface area contributed by atoms with Crippen LogP contribution in [-0.4, -0.2) is 25.0 Å². The van der Waals surface area contributed by atoms with Gasteiger partial charge in [0.1, 0.15) is 17.2 Å². The van der Waals surface area contributed by atoms with E-state index in [1.807, 2.05) is 30.3 Å². The number of pyridine rings is 2. The quantitative estimate of drug-likeness (QED) is 0.471. The Balaban J connectivity index is 1.55. The van der Waals surface area contributed by atoms with Crippen LogP contribution in [0, 0.1) is 11.6 Å². The first-order valence-corrected chi connectivity index (χ1v) is 8.66. The van der Waals surface area contributed by atoms with Crippen LogP contribution in [0.1, 0.15) is 5.56 Å². The number of nitrogens with zero attached hydrogens (tertiary/aromatic N) is 5. The number of halogens is 2. The Morgan fingerprint density at radius 1 is 0.857 bits per heavy atom. The summed E-state index contributed by atoms with van der Waals surface area (Å²) in [5.74, 6) is -1.29. The second kappa shape index (κ2) is 6.45. The molecule has 0 aliphatic rings. The molecule has 0 aliphatic carbocycles. The van der Waals surface area contributed by atoms with Crippen LogP contribution in [0.25, 0.3) is 33.3 Å². The van der Waals surface area contributed by atoms with Crippen molar-refractivity contribution in [3.63, 3.8) is 0 Å². The first-order valence-electron chi connectivity index (χ1n) is 8.66. The number of hydrogen-bond acceptors (Lipinski definition) is 4. The summed E-state index contributed by atoms with van der Waals surface area (Å²) in [6.07, 6.45) is 1.76. The molecule has 0 saturated carbocycles. The summed E-state index contributed by atoms with van der Waals surface area (Å²) in [4.78, 5) is 8.86. The van der Waals surface area contributed by atoms with Gasteiger partial charge < -0.3 is 0 Å². The van der Waals surface area contributed by atoms with Gasteiger partial charge in [0.25, 0.3) is 0 Å². The molecule has 0 unspecified atom stereocenters. The molecule has 0 aliphatic heterocycles. The zero-order valence-corrected chi connectivity index (χ0v) is 14.5. The van der Waals surface area contributed by atoms with Crippen LogP contribution in [0.2, 0.25) is 0 Å². The van der Waals surface area contributed by atoms with Gasteiger partial charge >= 0.3 is 0 Å². The Kier molecular flexibility index (Phi) is 3.79. The summed E-state index contributed by atoms with van der Waals surface area (Å²) < 4.78 is 28.8. The molecular weight excluding hydrogens is 360 g/mol. The summed E-state index contributed by atoms with van der Waals surface area (Å²) in [5.41, 5.74) is 3.93. The Morgan fingerprint density at radius 3 is 2.54 bits per heavy atom. The average molecular weight is 373 g/mol. The van der Waals surface area contributed by atoms with Crippen molar-refractivity contribution in [3.8, 4) is 11.3 Å². The number of rotatable bonds is 3. The highest BCUT2D eigenvalue weighted by Crippen LogP contribution is 2.23. The van der Waals surface area contributed by atoms with Gasteiger partial charge in [0, 0.05) is 23.2 Å². The van der Waals surface area contributed by atoms with Gasteiger partial charge in [-0.1, -0.05) is 17.3 Å². The molecule has 0 amide bonds. The SMILES string of the molecule is Fc1cc(F)cc(-c2ccc3nnn(Cc4ccc5ncccc5c4)c3n2)c1. The van der Waals surface area contributed by atoms with E-state index >= 15 is 0 Å². The van der Waals surface area contributed by atoms with E-state index in [-0.39, 0.29) is 0 Å². The smallest absolute Gasteiger partial charge is 0.179 e. The fourth-order valence-electron chi connectivity index (χ4n) is 3.22. The molecule has 3 heterocycles. The van der Waals surface area contributed by atoms with E-state index in [0.717, 1.165) is 22.5 Å². The lowest BCUT2D eigenvalue weighted by Crippen LogP contribution is -2.03. The van der Waals surface area contributed by atoms with Gasteiger partial charge in [0.2, 0.25) is 0 Å². The monoisotopic (exact) mass is 373 g/mol. The van der Waals surface area contributed by atoms with Gasteiger partial charge in [0.05, 0.1) is 17.8 Å². The van der Waals surface area contributed by atoms with E-state index in [9.17, 15) is 8.78 Å². The molecule has 2 aromatic carbocycles. The van der Waals surface area contributed by atoms with Crippen LogP contribution in [0.4, 0.5) is 8.78 Å². The minimum absolute atomic E-state index is 0.365. The van der Waals surface area contributed by atoms with Crippen molar-refractivity contribution in [3.05, 3.63) is 84.1 Å². The number of benzene rings is 2. The lowest BCUT2D eigenvalue weighted by atomic mass is 10.1. The fourth-order valence-corrected chi connectivity index (χ4v) is 3.22. The highest BCUT2D eigenvalue weighted by Gasteiger charge is 2.11. The largest absolute Gasteiger partial charge is 0.256 e. The molecule has 7 heteroatoms. The molecule has 5 aromatic rings. The van der Waals surface area contributed by atoms with Crippen molar-refractivity contribution in [2.45, 2.75) is 6.54 Å². The third kappa shape index (κ3) is 2.96. The first kappa shape index (κ1) is 16.4. The molecular formula is C21H13F2N5. The van der Waals surface area contributed by atoms with Crippen molar-refractivity contribution < 1.29 is 8.78 Å². The molecule has 0 atom stereocenters. The van der Waals surface area contributed by atoms with Crippen LogP contribution in [-0.2, 0) is 6.54 Å². The summed E-state index contributed by atoms with van der Waals surface area (Å²) >= 11 is 0. The predicted molar refractivity (Wildman–Crippen MR) is 102 cm³/mol. The van der Waals surface area contributed by atoms with Crippen molar-refractivity contribution in [2.75, 3.05) is 0 Å². The third-order valence-corrected chi connectivity index (χ3v) is 4.52. The maximum absolute atomic E-state index is 13.6. The van der Waals surface area contributed by atoms with Crippen LogP contribution < -0.4 is 0 Å². The Morgan fingerprint density at radius 2 is 1.68 bits per heavy atom. The molecule has 136 valence electrons. The molecule has 0 spiro atoms. The molecule has 0 bridgehead atoms. The summed E-state index contributed by atoms with van der Waals surface area (Å²) in [7, 11) is 0. The average Bonchev–Trinajstić information content (AvgIpc) is 3.09. The summed E-state index contributed by atoms with van der Waals surface area (Å²) in [5, 5.41) is 9.35. The van der Waals surface area contributed by atoms with Crippen LogP contribution in [0.3, 0.4) is 0 Å². The first-order chi connectivity index (χ1) is 13.7. The van der Waals surface area contributed by atoms with Gasteiger partial charge in [-0.05, 0) is 48.0 Å². The molecule has 0 radical (unpaired) electrons. The van der Waals surface area contributed by atoms with Crippen molar-refractivity contribution in [1.29, 1.82) is 0 Å². The third-order valence-electron chi connectivity index (χ3n) is 4.52. The van der Waals surface area contributed by atoms with Gasteiger partial charge in [-0.2, -0.15) is 0 Å². The lowest BCUT2D eigenvalue weighted by molar-refractivity contribution is 0.584. The zero-order valence-electron chi connectivity index (χ0n) is 14.5. The van der Waals surface area contributed by atoms with Gasteiger partial charge in [-0.3, -0.25) is 4.98 Å². The minimum Gasteiger partial charge on any atom is -0.256 e. The maximum atomic E-state index is 13.6. The highest BCUT2D eigenvalue weighted by molar-refractivity contribution is 5.79. The number of hydrogen-bond donors (Lipinski definition) is 0. The van der Waals surface area contributed by atoms with Crippen molar-refractivity contribution in [1.82, 2.24) is 25.0 Å². The second-order valence-electron chi connectivity index (χ2n) is 6.47. The van der Waals surface area contributed by atoms with Crippen LogP contribution >= 0.6 is 0 Å². The summed E-state index contributed by atoms with van der Waals surface area (Å²) in [6.45, 7) is 0.468. The van der Waals surface area contributed by atoms with E-state index in [0.29, 0.717) is 29.0 Å². The van der Waals surface area contributed by atoms with Gasteiger partial charge in [0.15, 0.2) is 5.65 Å². The lowest BCUT2D eigenvalue weighted by Gasteiger charge is -2.06. The molecule has 0 N–H and O–H groups in total. The zero-order chi connectivity index (χ0) is 19.1. The molecule has 28 heavy (non-hydrogen) atoms. The normalized spacial score (nSPS) is 11.4. The molecule has 0 fully saturated rings. The topological polar surface area (TPSA) is 56.5 Å². The van der Waals surface area contributed by atoms with Gasteiger partial charge in [-0.25, -0.2) is 18.4 Å². The predicted octanol–water partition coefficient (Wildman–Crippen LogP) is 4.37. The minimum atomic E-state index is -0.645. The van der Waals surface area contributed by atoms with Crippen LogP contribution in [0.5, 0.6) is 0 Å². The Bertz CT molecular complexity index is 1310. The fraction of sp³-hybridized carbons (Fsp3) is 0.0476. The van der Waals surface area contributed by atoms with Crippen molar-refractivity contribution in [2.24, 2.45) is 0 Å². The molecule has 5 rings (SSSR count). The van der Waals surface area contributed by atoms with E-state index in [4.69, 9.17) is 0 Å². The van der Waals surface area contributed by atoms with E-state index in [1.54, 1.807) is 23.0 Å². The number of fused-ring (bicyclic) bond motifs is 2. The summed E-state index contributed by atoms with van der Waals surface area (Å²) in [6, 6.07) is 16.6.